The molecule has 0 spiro atoms. The van der Waals surface area contributed by atoms with Crippen molar-refractivity contribution in [2.45, 2.75) is 26.3 Å². The molecule has 3 N–H and O–H groups in total. The molecule has 1 aromatic carbocycles. The highest BCUT2D eigenvalue weighted by atomic mass is 16.2. The first-order chi connectivity index (χ1) is 17.0. The van der Waals surface area contributed by atoms with Crippen molar-refractivity contribution in [2.24, 2.45) is 0 Å². The Labute approximate surface area is 201 Å². The summed E-state index contributed by atoms with van der Waals surface area (Å²) in [5.74, 6) is 5.08. The summed E-state index contributed by atoms with van der Waals surface area (Å²) in [5.41, 5.74) is 5.00. The second-order valence-corrected chi connectivity index (χ2v) is 8.33. The summed E-state index contributed by atoms with van der Waals surface area (Å²) < 4.78 is 1.76. The molecule has 35 heavy (non-hydrogen) atoms. The number of anilines is 2. The monoisotopic (exact) mass is 468 g/mol. The van der Waals surface area contributed by atoms with Gasteiger partial charge < -0.3 is 15.5 Å². The van der Waals surface area contributed by atoms with Crippen LogP contribution >= 0.6 is 0 Å². The molecule has 10 heteroatoms. The number of benzene rings is 1. The van der Waals surface area contributed by atoms with E-state index in [0.717, 1.165) is 28.8 Å². The Bertz CT molecular complexity index is 1440. The fourth-order valence-electron chi connectivity index (χ4n) is 4.25. The number of likely N-dealkylation sites (tertiary alicyclic amines) is 1. The third kappa shape index (κ3) is 4.56. The van der Waals surface area contributed by atoms with Gasteiger partial charge in [-0.2, -0.15) is 10.1 Å². The molecular weight excluding hydrogens is 444 g/mol. The first-order valence-electron chi connectivity index (χ1n) is 11.3. The van der Waals surface area contributed by atoms with Gasteiger partial charge >= 0.3 is 0 Å². The average Bonchev–Trinajstić information content (AvgIpc) is 3.61. The summed E-state index contributed by atoms with van der Waals surface area (Å²) in [6.45, 7) is 4.81. The van der Waals surface area contributed by atoms with Gasteiger partial charge in [0.2, 0.25) is 5.95 Å². The molecule has 5 rings (SSSR count). The molecule has 1 saturated heterocycles. The smallest absolute Gasteiger partial charge is 0.300 e. The lowest BCUT2D eigenvalue weighted by molar-refractivity contribution is -0.111. The molecular formula is C25H24N8O2. The van der Waals surface area contributed by atoms with Gasteiger partial charge in [0.05, 0.1) is 6.20 Å². The Kier molecular flexibility index (Phi) is 5.89. The number of carbonyl (C=O) groups is 2. The minimum atomic E-state index is -0.381. The number of hydrogen-bond acceptors (Lipinski definition) is 6. The number of rotatable bonds is 5. The maximum atomic E-state index is 13.0. The van der Waals surface area contributed by atoms with Gasteiger partial charge in [0.1, 0.15) is 0 Å². The number of pyridine rings is 1. The Morgan fingerprint density at radius 1 is 1.20 bits per heavy atom. The molecule has 4 heterocycles. The van der Waals surface area contributed by atoms with Crippen molar-refractivity contribution in [3.05, 3.63) is 60.0 Å². The molecule has 4 aromatic rings. The van der Waals surface area contributed by atoms with Crippen molar-refractivity contribution in [2.75, 3.05) is 23.7 Å². The van der Waals surface area contributed by atoms with Crippen LogP contribution in [0.2, 0.25) is 0 Å². The van der Waals surface area contributed by atoms with Crippen LogP contribution in [0.3, 0.4) is 0 Å². The van der Waals surface area contributed by atoms with E-state index in [2.05, 4.69) is 42.8 Å². The van der Waals surface area contributed by atoms with E-state index >= 15 is 0 Å². The lowest BCUT2D eigenvalue weighted by Crippen LogP contribution is -2.31. The summed E-state index contributed by atoms with van der Waals surface area (Å²) >= 11 is 0. The van der Waals surface area contributed by atoms with Crippen molar-refractivity contribution in [1.29, 1.82) is 0 Å². The number of nitrogens with one attached hydrogen (secondary N) is 3. The molecule has 10 nitrogen and oxygen atoms in total. The summed E-state index contributed by atoms with van der Waals surface area (Å²) in [5, 5.41) is 17.5. The molecule has 2 amide bonds. The van der Waals surface area contributed by atoms with Gasteiger partial charge in [-0.3, -0.25) is 14.7 Å². The number of aromatic amines is 1. The molecule has 1 fully saturated rings. The highest BCUT2D eigenvalue weighted by Gasteiger charge is 2.28. The quantitative estimate of drug-likeness (QED) is 0.388. The fourth-order valence-corrected chi connectivity index (χ4v) is 4.25. The van der Waals surface area contributed by atoms with Crippen LogP contribution in [-0.2, 0) is 4.79 Å². The largest absolute Gasteiger partial charge is 0.348 e. The lowest BCUT2D eigenvalue weighted by Gasteiger charge is -2.17. The summed E-state index contributed by atoms with van der Waals surface area (Å²) in [7, 11) is 0. The van der Waals surface area contributed by atoms with E-state index in [1.165, 1.54) is 0 Å². The van der Waals surface area contributed by atoms with Crippen molar-refractivity contribution in [3.8, 4) is 23.0 Å². The van der Waals surface area contributed by atoms with E-state index in [1.54, 1.807) is 41.9 Å². The number of amides is 2. The third-order valence-electron chi connectivity index (χ3n) is 6.00. The number of H-pyrrole nitrogens is 1. The van der Waals surface area contributed by atoms with Crippen LogP contribution in [0.15, 0.2) is 48.9 Å². The Morgan fingerprint density at radius 2 is 2.03 bits per heavy atom. The maximum Gasteiger partial charge on any atom is 0.300 e. The van der Waals surface area contributed by atoms with Gasteiger partial charge in [-0.05, 0) is 62.1 Å². The van der Waals surface area contributed by atoms with E-state index in [-0.39, 0.29) is 17.9 Å². The zero-order valence-corrected chi connectivity index (χ0v) is 19.4. The normalized spacial score (nSPS) is 15.0. The van der Waals surface area contributed by atoms with Gasteiger partial charge in [0.25, 0.3) is 11.8 Å². The highest BCUT2D eigenvalue weighted by Crippen LogP contribution is 2.25. The van der Waals surface area contributed by atoms with Crippen LogP contribution in [0.5, 0.6) is 0 Å². The van der Waals surface area contributed by atoms with Crippen LogP contribution in [0.4, 0.5) is 11.6 Å². The van der Waals surface area contributed by atoms with Gasteiger partial charge in [0, 0.05) is 53.9 Å². The van der Waals surface area contributed by atoms with Gasteiger partial charge in [0.15, 0.2) is 5.65 Å². The van der Waals surface area contributed by atoms with Crippen LogP contribution in [-0.4, -0.2) is 60.6 Å². The molecule has 176 valence electrons. The van der Waals surface area contributed by atoms with Crippen LogP contribution in [0.1, 0.15) is 29.3 Å². The fraction of sp³-hybridized carbons (Fsp3) is 0.240. The second kappa shape index (κ2) is 9.30. The minimum absolute atomic E-state index is 0.0518. The Hall–Kier alpha value is -4.65. The van der Waals surface area contributed by atoms with Crippen LogP contribution in [0, 0.1) is 18.8 Å². The number of carbonyl (C=O) groups excluding carboxylic acids is 2. The lowest BCUT2D eigenvalue weighted by atomic mass is 10.1. The number of fused-ring (bicyclic) bond motifs is 1. The van der Waals surface area contributed by atoms with Gasteiger partial charge in [-0.25, -0.2) is 4.52 Å². The zero-order chi connectivity index (χ0) is 24.4. The topological polar surface area (TPSA) is 120 Å². The number of hydrogen-bond donors (Lipinski definition) is 3. The van der Waals surface area contributed by atoms with E-state index in [4.69, 9.17) is 0 Å². The zero-order valence-electron chi connectivity index (χ0n) is 19.4. The van der Waals surface area contributed by atoms with E-state index in [0.29, 0.717) is 30.3 Å². The summed E-state index contributed by atoms with van der Waals surface area (Å²) in [6.07, 6.45) is 6.31. The Balaban J connectivity index is 1.23. The molecule has 0 bridgehead atoms. The van der Waals surface area contributed by atoms with E-state index in [1.807, 2.05) is 30.3 Å². The van der Waals surface area contributed by atoms with E-state index in [9.17, 15) is 9.59 Å². The van der Waals surface area contributed by atoms with Crippen molar-refractivity contribution < 1.29 is 9.59 Å². The molecule has 0 radical (unpaired) electrons. The number of aryl methyl sites for hydroxylation is 1. The molecule has 1 aliphatic heterocycles. The molecule has 0 saturated carbocycles. The Morgan fingerprint density at radius 3 is 2.77 bits per heavy atom. The van der Waals surface area contributed by atoms with Crippen molar-refractivity contribution in [3.63, 3.8) is 0 Å². The first-order valence-corrected chi connectivity index (χ1v) is 11.3. The van der Waals surface area contributed by atoms with Crippen LogP contribution in [0.25, 0.3) is 16.8 Å². The maximum absolute atomic E-state index is 13.0. The second-order valence-electron chi connectivity index (χ2n) is 8.33. The SMILES string of the molecule is CC#CC(=O)Nc1ccc(C(=O)N2CCC(Nc3nc4c(C)c(-c5cn[nH]c5)ccn4n3)C2)cc1. The van der Waals surface area contributed by atoms with Crippen LogP contribution < -0.4 is 10.6 Å². The summed E-state index contributed by atoms with van der Waals surface area (Å²) in [4.78, 5) is 31.0. The molecule has 1 unspecified atom stereocenters. The first kappa shape index (κ1) is 22.2. The molecule has 1 atom stereocenters. The number of aromatic nitrogens is 5. The predicted octanol–water partition coefficient (Wildman–Crippen LogP) is 2.72. The summed E-state index contributed by atoms with van der Waals surface area (Å²) in [6, 6.07) is 8.88. The third-order valence-corrected chi connectivity index (χ3v) is 6.00. The molecule has 0 aliphatic carbocycles. The molecule has 3 aromatic heterocycles. The van der Waals surface area contributed by atoms with E-state index < -0.39 is 0 Å². The molecule has 1 aliphatic rings. The predicted molar refractivity (Wildman–Crippen MR) is 132 cm³/mol. The van der Waals surface area contributed by atoms with Crippen molar-refractivity contribution >= 4 is 29.1 Å². The van der Waals surface area contributed by atoms with Gasteiger partial charge in [-0.1, -0.05) is 5.92 Å². The number of nitrogens with zero attached hydrogens (tertiary/aromatic N) is 5. The van der Waals surface area contributed by atoms with Crippen molar-refractivity contribution in [1.82, 2.24) is 29.7 Å². The average molecular weight is 469 g/mol. The standard InChI is InChI=1S/C25H24N8O2/c1-3-4-22(34)28-19-7-5-17(6-8-19)24(35)32-11-9-20(15-32)29-25-30-23-16(2)21(10-12-33(23)31-25)18-13-26-27-14-18/h5-8,10,12-14,20H,9,11,15H2,1-2H3,(H,26,27)(H,28,34)(H,29,31). The minimum Gasteiger partial charge on any atom is -0.348 e. The highest BCUT2D eigenvalue weighted by molar-refractivity contribution is 6.04. The van der Waals surface area contributed by atoms with Gasteiger partial charge in [-0.15, -0.1) is 5.10 Å².